The topological polar surface area (TPSA) is 309 Å². The van der Waals surface area contributed by atoms with Crippen LogP contribution in [-0.2, 0) is 102 Å². The molecule has 3 heterocycles. The molecular weight excluding hydrogens is 1220 g/mol. The summed E-state index contributed by atoms with van der Waals surface area (Å²) in [5.74, 6) is -0.811. The molecule has 0 aromatic heterocycles. The molecule has 1 amide bonds. The van der Waals surface area contributed by atoms with Crippen LogP contribution in [0.5, 0.6) is 0 Å². The molecule has 1 unspecified atom stereocenters. The number of hydrogen-bond acceptors (Lipinski definition) is 23. The molecule has 0 radical (unpaired) electrons. The number of aliphatic hydroxyl groups excluding tert-OH is 1. The second kappa shape index (κ2) is 40.3. The normalized spacial score (nSPS) is 16.8. The van der Waals surface area contributed by atoms with Crippen LogP contribution in [-0.4, -0.2) is 239 Å². The molecule has 508 valence electrons. The Morgan fingerprint density at radius 1 is 0.711 bits per heavy atom. The molecule has 1 aromatic rings. The van der Waals surface area contributed by atoms with E-state index in [-0.39, 0.29) is 50.5 Å². The lowest BCUT2D eigenvalue weighted by molar-refractivity contribution is -0.220. The fourth-order valence-corrected chi connectivity index (χ4v) is 10.9. The summed E-state index contributed by atoms with van der Waals surface area (Å²) in [4.78, 5) is 31.9. The molecule has 2 N–H and O–H groups in total. The number of nitrogens with zero attached hydrogens (tertiary/aromatic N) is 3. The minimum atomic E-state index is -4.94. The Morgan fingerprint density at radius 3 is 1.67 bits per heavy atom. The fourth-order valence-electron chi connectivity index (χ4n) is 9.89. The third kappa shape index (κ3) is 27.0. The summed E-state index contributed by atoms with van der Waals surface area (Å²) in [7, 11) is -6.06. The first-order valence-corrected chi connectivity index (χ1v) is 33.5. The van der Waals surface area contributed by atoms with Crippen LogP contribution in [0, 0.1) is 0 Å². The first-order valence-electron chi connectivity index (χ1n) is 30.5. The zero-order valence-electron chi connectivity index (χ0n) is 53.1. The minimum Gasteiger partial charge on any atom is -0.744 e. The number of ether oxygens (including phenoxy) is 12. The highest BCUT2D eigenvalue weighted by molar-refractivity contribution is 7.86. The van der Waals surface area contributed by atoms with Gasteiger partial charge in [0.2, 0.25) is 5.36 Å². The number of anilines is 1. The lowest BCUT2D eigenvalue weighted by atomic mass is 9.77. The van der Waals surface area contributed by atoms with Gasteiger partial charge in [-0.25, -0.2) is 17.8 Å². The number of methoxy groups -OCH3 is 2. The summed E-state index contributed by atoms with van der Waals surface area (Å²) in [5, 5.41) is 11.7. The number of carbonyl (C=O) groups is 2. The van der Waals surface area contributed by atoms with Crippen molar-refractivity contribution in [3.05, 3.63) is 82.6 Å². The smallest absolute Gasteiger partial charge is 0.332 e. The van der Waals surface area contributed by atoms with E-state index < -0.39 is 54.4 Å². The molecule has 1 aromatic carbocycles. The van der Waals surface area contributed by atoms with Crippen molar-refractivity contribution in [2.45, 2.75) is 88.2 Å². The molecule has 4 aliphatic rings. The van der Waals surface area contributed by atoms with Crippen molar-refractivity contribution in [1.82, 2.24) is 9.64 Å². The van der Waals surface area contributed by atoms with Gasteiger partial charge in [0.05, 0.1) is 149 Å². The van der Waals surface area contributed by atoms with Crippen LogP contribution >= 0.6 is 0 Å². The van der Waals surface area contributed by atoms with Crippen molar-refractivity contribution in [2.24, 2.45) is 0 Å². The van der Waals surface area contributed by atoms with Crippen LogP contribution < -0.4 is 14.8 Å². The molecule has 1 saturated heterocycles. The van der Waals surface area contributed by atoms with Crippen molar-refractivity contribution >= 4 is 43.9 Å². The summed E-state index contributed by atoms with van der Waals surface area (Å²) < 4.78 is 146. The van der Waals surface area contributed by atoms with Gasteiger partial charge < -0.3 is 80.7 Å². The average Bonchev–Trinajstić information content (AvgIpc) is 1.62. The van der Waals surface area contributed by atoms with Gasteiger partial charge in [-0.15, -0.1) is 5.06 Å². The number of aliphatic hydroxyl groups is 1. The van der Waals surface area contributed by atoms with Crippen molar-refractivity contribution in [3.8, 4) is 11.3 Å². The quantitative estimate of drug-likeness (QED) is 0.0451. The number of rotatable bonds is 48. The van der Waals surface area contributed by atoms with E-state index in [1.165, 1.54) is 18.2 Å². The number of hydrogen-bond donors (Lipinski definition) is 2. The molecule has 1 aliphatic carbocycles. The third-order valence-electron chi connectivity index (χ3n) is 14.5. The summed E-state index contributed by atoms with van der Waals surface area (Å²) >= 11 is 0. The molecule has 3 aliphatic heterocycles. The molecule has 0 bridgehead atoms. The fraction of sp³-hybridized carbons (Fsp3) is 0.661. The van der Waals surface area contributed by atoms with Gasteiger partial charge in [-0.2, -0.15) is 8.42 Å². The van der Waals surface area contributed by atoms with Gasteiger partial charge >= 0.3 is 5.97 Å². The van der Waals surface area contributed by atoms with E-state index >= 15 is 0 Å². The molecule has 2 atom stereocenters. The van der Waals surface area contributed by atoms with E-state index in [0.29, 0.717) is 192 Å². The molecule has 5 rings (SSSR count). The Kier molecular flexibility index (Phi) is 34.0. The average molecular weight is 1310 g/mol. The first kappa shape index (κ1) is 75.9. The van der Waals surface area contributed by atoms with Crippen LogP contribution in [0.25, 0.3) is 17.4 Å². The number of hydroxylamine groups is 2. The van der Waals surface area contributed by atoms with Crippen molar-refractivity contribution < 1.29 is 107 Å². The number of benzene rings is 2. The van der Waals surface area contributed by atoms with Gasteiger partial charge in [-0.1, -0.05) is 26.8 Å². The SMILES string of the molecule is COCCOCCOCCOCCOCCOCC[N+](CCOCCOCCOCCOCCOCCOC)=c1ccc2c(C(C)(C)C)cc(/C=C/C=C3/N(CCCS(=O)(=O)O)c4ccc(S(=O)(=O)[O-])cc4C3(C)CCCC(=O)ON3C(=O)CC[C@@H]3O)oc-2c1. The molecule has 1 fully saturated rings. The van der Waals surface area contributed by atoms with E-state index in [9.17, 15) is 40.6 Å². The lowest BCUT2D eigenvalue weighted by Crippen LogP contribution is -2.36. The number of carbonyl (C=O) groups excluding carboxylic acids is 2. The van der Waals surface area contributed by atoms with Crippen molar-refractivity contribution in [2.75, 3.05) is 190 Å². The van der Waals surface area contributed by atoms with Crippen molar-refractivity contribution in [3.63, 3.8) is 0 Å². The summed E-state index contributed by atoms with van der Waals surface area (Å²) in [6, 6.07) is 12.0. The van der Waals surface area contributed by atoms with E-state index in [4.69, 9.17) is 66.1 Å². The summed E-state index contributed by atoms with van der Waals surface area (Å²) in [5.41, 5.74) is 1.88. The second-order valence-corrected chi connectivity index (χ2v) is 25.3. The predicted molar refractivity (Wildman–Crippen MR) is 330 cm³/mol. The Morgan fingerprint density at radius 2 is 1.21 bits per heavy atom. The van der Waals surface area contributed by atoms with Gasteiger partial charge in [-0.05, 0) is 85.2 Å². The highest BCUT2D eigenvalue weighted by Gasteiger charge is 2.44. The number of amides is 1. The maximum atomic E-state index is 13.1. The Labute approximate surface area is 530 Å². The maximum Gasteiger partial charge on any atom is 0.332 e. The summed E-state index contributed by atoms with van der Waals surface area (Å²) in [6.45, 7) is 18.9. The molecule has 26 nitrogen and oxygen atoms in total. The minimum absolute atomic E-state index is 0.0176. The standard InChI is InChI=1S/C62H95N3O23S2/c1-61(2,3)53-47-50(10-7-11-57-62(4,19-8-12-60(68)88-65-58(66)17-18-59(65)67)54-48-51(90(72,73)74)14-16-55(54)64(57)20-9-45-89(69,70)71)87-56-46-49(13-15-52(53)56)63(21-23-77-29-31-81-37-39-85-43-41-83-35-33-79-27-25-75-5)22-24-78-30-32-82-38-40-86-44-42-84-36-34-80-28-26-76-6/h7,10-11,13-16,46-48,58,66H,8-9,12,17-45H2,1-6H3,(H-,69,70,71,72,73,74)/t58-,62?/m0/s1. The van der Waals surface area contributed by atoms with E-state index in [1.807, 2.05) is 31.2 Å². The largest absolute Gasteiger partial charge is 0.744 e. The lowest BCUT2D eigenvalue weighted by Gasteiger charge is -2.30. The van der Waals surface area contributed by atoms with Crippen LogP contribution in [0.15, 0.2) is 69.6 Å². The van der Waals surface area contributed by atoms with Gasteiger partial charge in [0.1, 0.15) is 34.9 Å². The predicted octanol–water partition coefficient (Wildman–Crippen LogP) is 4.34. The second-order valence-electron chi connectivity index (χ2n) is 22.3. The van der Waals surface area contributed by atoms with Crippen molar-refractivity contribution in [1.29, 1.82) is 0 Å². The van der Waals surface area contributed by atoms with Gasteiger partial charge in [0.25, 0.3) is 16.0 Å². The van der Waals surface area contributed by atoms with Crippen LogP contribution in [0.3, 0.4) is 0 Å². The molecule has 28 heteroatoms. The molecule has 0 spiro atoms. The van der Waals surface area contributed by atoms with Gasteiger partial charge in [-0.3, -0.25) is 9.35 Å². The third-order valence-corrected chi connectivity index (χ3v) is 16.1. The number of fused-ring (bicyclic) bond motifs is 2. The van der Waals surface area contributed by atoms with E-state index in [0.717, 1.165) is 16.5 Å². The summed E-state index contributed by atoms with van der Waals surface area (Å²) in [6.07, 6.45) is 4.25. The molecule has 90 heavy (non-hydrogen) atoms. The Balaban J connectivity index is 1.34. The van der Waals surface area contributed by atoms with E-state index in [2.05, 4.69) is 25.3 Å². The number of allylic oxidation sites excluding steroid dienone is 3. The monoisotopic (exact) mass is 1310 g/mol. The molecular formula is C62H95N3O23S2. The van der Waals surface area contributed by atoms with Crippen LogP contribution in [0.1, 0.15) is 83.1 Å². The van der Waals surface area contributed by atoms with Crippen LogP contribution in [0.2, 0.25) is 0 Å². The maximum absolute atomic E-state index is 13.1. The molecule has 0 saturated carbocycles. The van der Waals surface area contributed by atoms with Crippen LogP contribution in [0.4, 0.5) is 5.69 Å². The highest BCUT2D eigenvalue weighted by atomic mass is 32.2. The zero-order chi connectivity index (χ0) is 65.3. The Hall–Kier alpha value is -4.83. The zero-order valence-corrected chi connectivity index (χ0v) is 54.7. The first-order chi connectivity index (χ1) is 43.2. The highest BCUT2D eigenvalue weighted by Crippen LogP contribution is 2.51. The Bertz CT molecular complexity index is 2910. The van der Waals surface area contributed by atoms with Gasteiger partial charge in [0, 0.05) is 68.5 Å². The van der Waals surface area contributed by atoms with E-state index in [1.54, 1.807) is 37.3 Å². The van der Waals surface area contributed by atoms with Gasteiger partial charge in [0.15, 0.2) is 19.3 Å².